The van der Waals surface area contributed by atoms with E-state index in [1.807, 2.05) is 33.0 Å². The molecule has 1 aromatic heterocycles. The number of aromatic nitrogens is 2. The molecular weight excluding hydrogens is 152 g/mol. The Labute approximate surface area is 72.4 Å². The van der Waals surface area contributed by atoms with Crippen molar-refractivity contribution < 1.29 is 4.79 Å². The van der Waals surface area contributed by atoms with Crippen LogP contribution in [0.5, 0.6) is 0 Å². The molecule has 0 aliphatic rings. The Balaban J connectivity index is 2.58. The molecular formula is C9H14N2O. The fraction of sp³-hybridized carbons (Fsp3) is 0.556. The van der Waals surface area contributed by atoms with Gasteiger partial charge in [-0.3, -0.25) is 9.48 Å². The lowest BCUT2D eigenvalue weighted by atomic mass is 10.1. The first-order chi connectivity index (χ1) is 5.59. The van der Waals surface area contributed by atoms with Gasteiger partial charge in [0.1, 0.15) is 0 Å². The first-order valence-electron chi connectivity index (χ1n) is 4.12. The maximum Gasteiger partial charge on any atom is 0.156 e. The number of carbonyl (C=O) groups excluding carboxylic acids is 1. The molecule has 0 radical (unpaired) electrons. The van der Waals surface area contributed by atoms with E-state index < -0.39 is 0 Å². The van der Waals surface area contributed by atoms with Gasteiger partial charge in [-0.25, -0.2) is 0 Å². The molecule has 0 N–H and O–H groups in total. The monoisotopic (exact) mass is 166 g/mol. The second kappa shape index (κ2) is 3.52. The van der Waals surface area contributed by atoms with Crippen molar-refractivity contribution in [3.05, 3.63) is 18.0 Å². The summed E-state index contributed by atoms with van der Waals surface area (Å²) < 4.78 is 1.68. The first kappa shape index (κ1) is 8.97. The topological polar surface area (TPSA) is 34.9 Å². The third-order valence-electron chi connectivity index (χ3n) is 1.74. The largest absolute Gasteiger partial charge is 0.297 e. The molecule has 0 saturated carbocycles. The van der Waals surface area contributed by atoms with E-state index >= 15 is 0 Å². The van der Waals surface area contributed by atoms with Crippen LogP contribution in [0.3, 0.4) is 0 Å². The highest BCUT2D eigenvalue weighted by Gasteiger charge is 2.07. The zero-order valence-electron chi connectivity index (χ0n) is 7.74. The van der Waals surface area contributed by atoms with Crippen molar-refractivity contribution in [1.29, 1.82) is 0 Å². The fourth-order valence-corrected chi connectivity index (χ4v) is 0.893. The molecule has 0 fully saturated rings. The van der Waals surface area contributed by atoms with Crippen molar-refractivity contribution in [1.82, 2.24) is 9.78 Å². The number of carbonyl (C=O) groups is 1. The fourth-order valence-electron chi connectivity index (χ4n) is 0.893. The van der Waals surface area contributed by atoms with Crippen LogP contribution in [0.2, 0.25) is 0 Å². The molecule has 0 aliphatic carbocycles. The van der Waals surface area contributed by atoms with Crippen LogP contribution in [0.4, 0.5) is 0 Å². The van der Waals surface area contributed by atoms with Crippen molar-refractivity contribution >= 4 is 5.78 Å². The van der Waals surface area contributed by atoms with Crippen LogP contribution in [0.1, 0.15) is 19.5 Å². The van der Waals surface area contributed by atoms with Crippen molar-refractivity contribution in [2.75, 3.05) is 0 Å². The van der Waals surface area contributed by atoms with Gasteiger partial charge in [0, 0.05) is 12.1 Å². The highest BCUT2D eigenvalue weighted by molar-refractivity contribution is 5.79. The minimum Gasteiger partial charge on any atom is -0.297 e. The standard InChI is InChI=1S/C9H14N2O/c1-7(2)9(12)6-11-5-4-8(3)10-11/h4-5,7H,6H2,1-3H3. The van der Waals surface area contributed by atoms with Crippen molar-refractivity contribution in [3.63, 3.8) is 0 Å². The van der Waals surface area contributed by atoms with E-state index in [9.17, 15) is 4.79 Å². The lowest BCUT2D eigenvalue weighted by Crippen LogP contribution is -2.15. The van der Waals surface area contributed by atoms with E-state index in [1.165, 1.54) is 0 Å². The van der Waals surface area contributed by atoms with Gasteiger partial charge < -0.3 is 0 Å². The zero-order valence-corrected chi connectivity index (χ0v) is 7.74. The summed E-state index contributed by atoms with van der Waals surface area (Å²) in [6.45, 7) is 6.11. The number of aryl methyl sites for hydroxylation is 1. The predicted molar refractivity (Wildman–Crippen MR) is 46.8 cm³/mol. The molecule has 0 atom stereocenters. The summed E-state index contributed by atoms with van der Waals surface area (Å²) in [5.41, 5.74) is 0.951. The average Bonchev–Trinajstić information content (AvgIpc) is 2.35. The normalized spacial score (nSPS) is 10.7. The number of hydrogen-bond donors (Lipinski definition) is 0. The van der Waals surface area contributed by atoms with Gasteiger partial charge in [-0.15, -0.1) is 0 Å². The summed E-state index contributed by atoms with van der Waals surface area (Å²) in [5.74, 6) is 0.313. The van der Waals surface area contributed by atoms with Crippen molar-refractivity contribution in [3.8, 4) is 0 Å². The number of ketones is 1. The summed E-state index contributed by atoms with van der Waals surface area (Å²) in [7, 11) is 0. The predicted octanol–water partition coefficient (Wildman–Crippen LogP) is 1.42. The van der Waals surface area contributed by atoms with E-state index in [-0.39, 0.29) is 11.7 Å². The molecule has 1 aromatic rings. The summed E-state index contributed by atoms with van der Waals surface area (Å²) in [6, 6.07) is 1.90. The quantitative estimate of drug-likeness (QED) is 0.680. The minimum absolute atomic E-state index is 0.0921. The van der Waals surface area contributed by atoms with Gasteiger partial charge >= 0.3 is 0 Å². The van der Waals surface area contributed by atoms with Gasteiger partial charge in [-0.1, -0.05) is 13.8 Å². The Kier molecular flexibility index (Phi) is 2.63. The van der Waals surface area contributed by atoms with Gasteiger partial charge in [-0.05, 0) is 13.0 Å². The van der Waals surface area contributed by atoms with Crippen LogP contribution in [-0.4, -0.2) is 15.6 Å². The molecule has 0 aliphatic heterocycles. The Morgan fingerprint density at radius 3 is 2.75 bits per heavy atom. The smallest absolute Gasteiger partial charge is 0.156 e. The highest BCUT2D eigenvalue weighted by atomic mass is 16.1. The van der Waals surface area contributed by atoms with Crippen molar-refractivity contribution in [2.24, 2.45) is 5.92 Å². The highest BCUT2D eigenvalue weighted by Crippen LogP contribution is 1.98. The van der Waals surface area contributed by atoms with E-state index in [2.05, 4.69) is 5.10 Å². The number of rotatable bonds is 3. The Morgan fingerprint density at radius 1 is 1.67 bits per heavy atom. The SMILES string of the molecule is Cc1ccn(CC(=O)C(C)C)n1. The molecule has 66 valence electrons. The Hall–Kier alpha value is -1.12. The molecule has 3 heteroatoms. The molecule has 0 bridgehead atoms. The lowest BCUT2D eigenvalue weighted by molar-refractivity contribution is -0.122. The van der Waals surface area contributed by atoms with E-state index in [4.69, 9.17) is 0 Å². The van der Waals surface area contributed by atoms with Gasteiger partial charge in [0.25, 0.3) is 0 Å². The van der Waals surface area contributed by atoms with Crippen LogP contribution < -0.4 is 0 Å². The average molecular weight is 166 g/mol. The lowest BCUT2D eigenvalue weighted by Gasteiger charge is -2.03. The Morgan fingerprint density at radius 2 is 2.33 bits per heavy atom. The molecule has 3 nitrogen and oxygen atoms in total. The molecule has 0 saturated heterocycles. The van der Waals surface area contributed by atoms with E-state index in [1.54, 1.807) is 4.68 Å². The van der Waals surface area contributed by atoms with E-state index in [0.717, 1.165) is 5.69 Å². The number of hydrogen-bond acceptors (Lipinski definition) is 2. The van der Waals surface area contributed by atoms with Crippen LogP contribution in [0.25, 0.3) is 0 Å². The summed E-state index contributed by atoms with van der Waals surface area (Å²) in [5, 5.41) is 4.13. The molecule has 0 spiro atoms. The van der Waals surface area contributed by atoms with Crippen molar-refractivity contribution in [2.45, 2.75) is 27.3 Å². The Bertz CT molecular complexity index is 276. The third kappa shape index (κ3) is 2.19. The maximum atomic E-state index is 11.3. The van der Waals surface area contributed by atoms with Crippen LogP contribution >= 0.6 is 0 Å². The van der Waals surface area contributed by atoms with Gasteiger partial charge in [0.05, 0.1) is 12.2 Å². The second-order valence-electron chi connectivity index (χ2n) is 3.28. The molecule has 0 unspecified atom stereocenters. The van der Waals surface area contributed by atoms with Gasteiger partial charge in [0.2, 0.25) is 0 Å². The third-order valence-corrected chi connectivity index (χ3v) is 1.74. The number of nitrogens with zero attached hydrogens (tertiary/aromatic N) is 2. The molecule has 1 rings (SSSR count). The first-order valence-corrected chi connectivity index (χ1v) is 4.12. The number of Topliss-reactive ketones (excluding diaryl/α,β-unsaturated/α-hetero) is 1. The van der Waals surface area contributed by atoms with Gasteiger partial charge in [-0.2, -0.15) is 5.10 Å². The summed E-state index contributed by atoms with van der Waals surface area (Å²) in [4.78, 5) is 11.3. The minimum atomic E-state index is 0.0921. The van der Waals surface area contributed by atoms with Crippen LogP contribution in [-0.2, 0) is 11.3 Å². The zero-order chi connectivity index (χ0) is 9.14. The summed E-state index contributed by atoms with van der Waals surface area (Å²) in [6.07, 6.45) is 1.83. The molecule has 12 heavy (non-hydrogen) atoms. The summed E-state index contributed by atoms with van der Waals surface area (Å²) >= 11 is 0. The van der Waals surface area contributed by atoms with Crippen LogP contribution in [0, 0.1) is 12.8 Å². The second-order valence-corrected chi connectivity index (χ2v) is 3.28. The van der Waals surface area contributed by atoms with E-state index in [0.29, 0.717) is 6.54 Å². The van der Waals surface area contributed by atoms with Gasteiger partial charge in [0.15, 0.2) is 5.78 Å². The maximum absolute atomic E-state index is 11.3. The van der Waals surface area contributed by atoms with Crippen LogP contribution in [0.15, 0.2) is 12.3 Å². The molecule has 1 heterocycles. The molecule has 0 amide bonds. The molecule has 0 aromatic carbocycles.